The number of nitrogens with one attached hydrogen (secondary N) is 4. The lowest BCUT2D eigenvalue weighted by molar-refractivity contribution is -0.143. The third-order valence-electron chi connectivity index (χ3n) is 7.40. The Morgan fingerprint density at radius 2 is 1.26 bits per heavy atom. The number of carboxylic acid groups (broad SMARTS) is 1. The summed E-state index contributed by atoms with van der Waals surface area (Å²) < 4.78 is 0. The van der Waals surface area contributed by atoms with E-state index in [1.807, 2.05) is 24.3 Å². The number of aromatic nitrogens is 1. The third-order valence-corrected chi connectivity index (χ3v) is 7.40. The Hall–Kier alpha value is -5.69. The Balaban J connectivity index is 1.59. The second-order valence-corrected chi connectivity index (χ2v) is 10.9. The number of carbonyl (C=O) groups excluding carboxylic acids is 4. The SMILES string of the molecule is NC(=O)CC(NC(=O)C(Cc1ccccc1)NC(=O)C(Cc1c[nH]c2ccccc12)NC(=O)C(N)Cc1ccc(O)cc1)C(=O)O. The summed E-state index contributed by atoms with van der Waals surface area (Å²) >= 11 is 0. The molecule has 3 aromatic carbocycles. The zero-order chi connectivity index (χ0) is 33.2. The Morgan fingerprint density at radius 3 is 1.91 bits per heavy atom. The van der Waals surface area contributed by atoms with Crippen LogP contribution in [0.25, 0.3) is 10.9 Å². The number of H-pyrrole nitrogens is 1. The van der Waals surface area contributed by atoms with E-state index in [1.54, 1.807) is 48.7 Å². The molecule has 0 aliphatic carbocycles. The maximum Gasteiger partial charge on any atom is 0.326 e. The van der Waals surface area contributed by atoms with Gasteiger partial charge in [0.15, 0.2) is 0 Å². The molecule has 13 nitrogen and oxygen atoms in total. The number of benzene rings is 3. The predicted octanol–water partition coefficient (Wildman–Crippen LogP) is 0.643. The van der Waals surface area contributed by atoms with Crippen molar-refractivity contribution in [1.82, 2.24) is 20.9 Å². The molecule has 0 saturated carbocycles. The fourth-order valence-corrected chi connectivity index (χ4v) is 4.99. The molecule has 1 heterocycles. The number of carbonyl (C=O) groups is 5. The molecule has 0 fully saturated rings. The first kappa shape index (κ1) is 33.2. The Morgan fingerprint density at radius 1 is 0.696 bits per heavy atom. The van der Waals surface area contributed by atoms with Crippen LogP contribution < -0.4 is 27.4 Å². The summed E-state index contributed by atoms with van der Waals surface area (Å²) in [6, 6.07) is 17.3. The first-order valence-electron chi connectivity index (χ1n) is 14.5. The summed E-state index contributed by atoms with van der Waals surface area (Å²) in [4.78, 5) is 66.8. The van der Waals surface area contributed by atoms with E-state index in [4.69, 9.17) is 11.5 Å². The van der Waals surface area contributed by atoms with Crippen LogP contribution in [-0.2, 0) is 43.2 Å². The van der Waals surface area contributed by atoms with E-state index >= 15 is 0 Å². The van der Waals surface area contributed by atoms with Gasteiger partial charge in [0.2, 0.25) is 23.6 Å². The van der Waals surface area contributed by atoms with Crippen LogP contribution >= 0.6 is 0 Å². The van der Waals surface area contributed by atoms with Gasteiger partial charge in [-0.15, -0.1) is 0 Å². The molecule has 0 radical (unpaired) electrons. The Labute approximate surface area is 264 Å². The monoisotopic (exact) mass is 628 g/mol. The number of hydrogen-bond donors (Lipinski definition) is 8. The maximum absolute atomic E-state index is 13.9. The molecule has 4 amide bonds. The van der Waals surface area contributed by atoms with Crippen LogP contribution in [0.4, 0.5) is 0 Å². The van der Waals surface area contributed by atoms with Gasteiger partial charge in [-0.2, -0.15) is 0 Å². The van der Waals surface area contributed by atoms with E-state index in [1.165, 1.54) is 12.1 Å². The lowest BCUT2D eigenvalue weighted by Crippen LogP contribution is -2.58. The number of para-hydroxylation sites is 1. The molecule has 0 saturated heterocycles. The first-order valence-corrected chi connectivity index (χ1v) is 14.5. The number of nitrogens with two attached hydrogens (primary N) is 2. The van der Waals surface area contributed by atoms with Crippen LogP contribution in [-0.4, -0.2) is 69.0 Å². The Kier molecular flexibility index (Phi) is 11.1. The molecule has 4 atom stereocenters. The molecular formula is C33H36N6O7. The van der Waals surface area contributed by atoms with Gasteiger partial charge in [0, 0.05) is 29.9 Å². The number of amides is 4. The van der Waals surface area contributed by atoms with Crippen molar-refractivity contribution in [2.45, 2.75) is 49.9 Å². The largest absolute Gasteiger partial charge is 0.508 e. The third kappa shape index (κ3) is 9.16. The molecule has 0 aliphatic heterocycles. The molecule has 46 heavy (non-hydrogen) atoms. The highest BCUT2D eigenvalue weighted by Crippen LogP contribution is 2.20. The average Bonchev–Trinajstić information content (AvgIpc) is 3.44. The fourth-order valence-electron chi connectivity index (χ4n) is 4.99. The van der Waals surface area contributed by atoms with Gasteiger partial charge in [-0.3, -0.25) is 19.2 Å². The van der Waals surface area contributed by atoms with Gasteiger partial charge >= 0.3 is 5.97 Å². The summed E-state index contributed by atoms with van der Waals surface area (Å²) in [5.41, 5.74) is 14.3. The van der Waals surface area contributed by atoms with Crippen molar-refractivity contribution in [1.29, 1.82) is 0 Å². The normalized spacial score (nSPS) is 13.6. The predicted molar refractivity (Wildman–Crippen MR) is 169 cm³/mol. The highest BCUT2D eigenvalue weighted by Gasteiger charge is 2.31. The Bertz CT molecular complexity index is 1690. The molecule has 240 valence electrons. The van der Waals surface area contributed by atoms with Crippen LogP contribution in [0.15, 0.2) is 85.1 Å². The molecule has 1 aromatic heterocycles. The lowest BCUT2D eigenvalue weighted by Gasteiger charge is -2.25. The number of primary amides is 1. The number of phenolic OH excluding ortho intramolecular Hbond substituents is 1. The molecule has 0 bridgehead atoms. The minimum Gasteiger partial charge on any atom is -0.508 e. The number of rotatable bonds is 15. The molecule has 4 rings (SSSR count). The number of aromatic hydroxyl groups is 1. The van der Waals surface area contributed by atoms with Crippen molar-refractivity contribution < 1.29 is 34.2 Å². The zero-order valence-electron chi connectivity index (χ0n) is 24.8. The van der Waals surface area contributed by atoms with Crippen molar-refractivity contribution in [2.75, 3.05) is 0 Å². The van der Waals surface area contributed by atoms with Crippen molar-refractivity contribution in [3.05, 3.63) is 102 Å². The topological polar surface area (TPSA) is 230 Å². The van der Waals surface area contributed by atoms with Gasteiger partial charge in [0.1, 0.15) is 23.9 Å². The number of hydrogen-bond acceptors (Lipinski definition) is 7. The second-order valence-electron chi connectivity index (χ2n) is 10.9. The summed E-state index contributed by atoms with van der Waals surface area (Å²) in [5, 5.41) is 27.6. The molecule has 4 aromatic rings. The molecular weight excluding hydrogens is 592 g/mol. The molecule has 13 heteroatoms. The van der Waals surface area contributed by atoms with E-state index in [0.29, 0.717) is 11.1 Å². The lowest BCUT2D eigenvalue weighted by atomic mass is 10.0. The van der Waals surface area contributed by atoms with Crippen molar-refractivity contribution in [2.24, 2.45) is 11.5 Å². The van der Waals surface area contributed by atoms with E-state index in [9.17, 15) is 34.2 Å². The number of aromatic amines is 1. The summed E-state index contributed by atoms with van der Waals surface area (Å²) in [6.45, 7) is 0. The van der Waals surface area contributed by atoms with E-state index < -0.39 is 60.2 Å². The zero-order valence-corrected chi connectivity index (χ0v) is 24.8. The van der Waals surface area contributed by atoms with Crippen LogP contribution in [0.1, 0.15) is 23.1 Å². The number of carboxylic acids is 1. The fraction of sp³-hybridized carbons (Fsp3) is 0.242. The van der Waals surface area contributed by atoms with Crippen LogP contribution in [0.3, 0.4) is 0 Å². The van der Waals surface area contributed by atoms with Crippen LogP contribution in [0.2, 0.25) is 0 Å². The van der Waals surface area contributed by atoms with Gasteiger partial charge < -0.3 is 42.6 Å². The van der Waals surface area contributed by atoms with E-state index in [-0.39, 0.29) is 25.0 Å². The average molecular weight is 629 g/mol. The van der Waals surface area contributed by atoms with E-state index in [0.717, 1.165) is 16.5 Å². The molecule has 0 spiro atoms. The van der Waals surface area contributed by atoms with Crippen molar-refractivity contribution in [3.63, 3.8) is 0 Å². The highest BCUT2D eigenvalue weighted by molar-refractivity contribution is 5.95. The van der Waals surface area contributed by atoms with Gasteiger partial charge in [-0.05, 0) is 41.3 Å². The van der Waals surface area contributed by atoms with Gasteiger partial charge in [0.25, 0.3) is 0 Å². The molecule has 10 N–H and O–H groups in total. The highest BCUT2D eigenvalue weighted by atomic mass is 16.4. The maximum atomic E-state index is 13.9. The van der Waals surface area contributed by atoms with Gasteiger partial charge in [-0.25, -0.2) is 4.79 Å². The standard InChI is InChI=1S/C33H36N6O7/c34-24(14-20-10-12-22(40)13-11-20)30(42)37-27(16-21-18-36-25-9-5-4-8-23(21)25)32(44)38-26(15-19-6-2-1-3-7-19)31(43)39-28(33(45)46)17-29(35)41/h1-13,18,24,26-28,36,40H,14-17,34H2,(H2,35,41)(H,37,42)(H,38,44)(H,39,43)(H,45,46). The minimum absolute atomic E-state index is 0.0184. The van der Waals surface area contributed by atoms with E-state index in [2.05, 4.69) is 20.9 Å². The molecule has 0 aliphatic rings. The number of aliphatic carboxylic acids is 1. The summed E-state index contributed by atoms with van der Waals surface area (Å²) in [7, 11) is 0. The number of phenols is 1. The first-order chi connectivity index (χ1) is 22.0. The van der Waals surface area contributed by atoms with Crippen LogP contribution in [0.5, 0.6) is 5.75 Å². The van der Waals surface area contributed by atoms with Gasteiger partial charge in [0.05, 0.1) is 12.5 Å². The van der Waals surface area contributed by atoms with Gasteiger partial charge in [-0.1, -0.05) is 60.7 Å². The minimum atomic E-state index is -1.61. The summed E-state index contributed by atoms with van der Waals surface area (Å²) in [6.07, 6.45) is 1.22. The second kappa shape index (κ2) is 15.3. The van der Waals surface area contributed by atoms with Crippen molar-refractivity contribution >= 4 is 40.5 Å². The smallest absolute Gasteiger partial charge is 0.326 e. The van der Waals surface area contributed by atoms with Crippen molar-refractivity contribution in [3.8, 4) is 5.75 Å². The number of fused-ring (bicyclic) bond motifs is 1. The summed E-state index contributed by atoms with van der Waals surface area (Å²) in [5.74, 6) is -4.52. The molecule has 4 unspecified atom stereocenters. The van der Waals surface area contributed by atoms with Crippen LogP contribution in [0, 0.1) is 0 Å². The quantitative estimate of drug-likeness (QED) is 0.0929.